The number of hydrogen-bond acceptors (Lipinski definition) is 4. The number of carbonyl (C=O) groups is 1. The smallest absolute Gasteiger partial charge is 0.404 e. The molecule has 17 heavy (non-hydrogen) atoms. The van der Waals surface area contributed by atoms with E-state index in [0.717, 1.165) is 0 Å². The summed E-state index contributed by atoms with van der Waals surface area (Å²) in [6, 6.07) is 8.31. The summed E-state index contributed by atoms with van der Waals surface area (Å²) in [6.45, 7) is 2.12. The molecule has 1 heterocycles. The summed E-state index contributed by atoms with van der Waals surface area (Å²) in [5, 5.41) is 3.28. The average molecular weight is 236 g/mol. The summed E-state index contributed by atoms with van der Waals surface area (Å²) in [6.07, 6.45) is -0.743. The summed E-state index contributed by atoms with van der Waals surface area (Å²) < 4.78 is 10.1. The Balaban J connectivity index is 1.88. The van der Waals surface area contributed by atoms with E-state index in [1.807, 2.05) is 12.1 Å². The van der Waals surface area contributed by atoms with Gasteiger partial charge in [0.2, 0.25) is 0 Å². The Kier molecular flexibility index (Phi) is 3.95. The summed E-state index contributed by atoms with van der Waals surface area (Å²) in [7, 11) is 0. The Morgan fingerprint density at radius 1 is 1.53 bits per heavy atom. The van der Waals surface area contributed by atoms with Gasteiger partial charge in [-0.1, -0.05) is 24.3 Å². The maximum Gasteiger partial charge on any atom is 0.404 e. The maximum absolute atomic E-state index is 10.4. The summed E-state index contributed by atoms with van der Waals surface area (Å²) in [5.41, 5.74) is 7.32. The zero-order chi connectivity index (χ0) is 12.1. The van der Waals surface area contributed by atoms with Gasteiger partial charge in [-0.25, -0.2) is 4.79 Å². The van der Waals surface area contributed by atoms with Crippen LogP contribution in [0, 0.1) is 0 Å². The zero-order valence-corrected chi connectivity index (χ0v) is 9.52. The van der Waals surface area contributed by atoms with Gasteiger partial charge in [0.15, 0.2) is 0 Å². The second-order valence-electron chi connectivity index (χ2n) is 3.89. The molecule has 0 radical (unpaired) electrons. The second kappa shape index (κ2) is 5.65. The number of rotatable bonds is 4. The Morgan fingerprint density at radius 2 is 2.35 bits per heavy atom. The van der Waals surface area contributed by atoms with Crippen LogP contribution < -0.4 is 11.1 Å². The lowest BCUT2D eigenvalue weighted by Crippen LogP contribution is -2.32. The van der Waals surface area contributed by atoms with Crippen LogP contribution in [0.1, 0.15) is 17.2 Å². The highest BCUT2D eigenvalue weighted by Crippen LogP contribution is 2.23. The average Bonchev–Trinajstić information content (AvgIpc) is 2.34. The topological polar surface area (TPSA) is 73.6 Å². The van der Waals surface area contributed by atoms with Crippen molar-refractivity contribution in [2.24, 2.45) is 5.73 Å². The molecule has 5 nitrogen and oxygen atoms in total. The summed E-state index contributed by atoms with van der Waals surface area (Å²) in [4.78, 5) is 10.4. The van der Waals surface area contributed by atoms with Crippen molar-refractivity contribution in [2.75, 3.05) is 19.8 Å². The van der Waals surface area contributed by atoms with Gasteiger partial charge in [0, 0.05) is 6.54 Å². The Hall–Kier alpha value is -1.59. The van der Waals surface area contributed by atoms with Crippen LogP contribution in [0.3, 0.4) is 0 Å². The molecule has 2 rings (SSSR count). The summed E-state index contributed by atoms with van der Waals surface area (Å²) in [5.74, 6) is 0. The third-order valence-corrected chi connectivity index (χ3v) is 2.71. The Morgan fingerprint density at radius 3 is 3.18 bits per heavy atom. The predicted octanol–water partition coefficient (Wildman–Crippen LogP) is 0.943. The Bertz CT molecular complexity index is 395. The third-order valence-electron chi connectivity index (χ3n) is 2.71. The van der Waals surface area contributed by atoms with E-state index in [4.69, 9.17) is 10.5 Å². The van der Waals surface area contributed by atoms with E-state index in [2.05, 4.69) is 22.2 Å². The molecular weight excluding hydrogens is 220 g/mol. The predicted molar refractivity (Wildman–Crippen MR) is 62.4 cm³/mol. The minimum absolute atomic E-state index is 0.149. The van der Waals surface area contributed by atoms with Gasteiger partial charge in [-0.2, -0.15) is 0 Å². The minimum atomic E-state index is -0.743. The first-order valence-corrected chi connectivity index (χ1v) is 5.58. The number of amides is 1. The monoisotopic (exact) mass is 236 g/mol. The van der Waals surface area contributed by atoms with E-state index in [1.54, 1.807) is 0 Å². The fourth-order valence-corrected chi connectivity index (χ4v) is 1.94. The lowest BCUT2D eigenvalue weighted by atomic mass is 9.99. The van der Waals surface area contributed by atoms with Gasteiger partial charge >= 0.3 is 6.09 Å². The standard InChI is InChI=1S/C12H16N2O3/c13-12(15)17-6-5-14-11-8-16-7-9-3-1-2-4-10(9)11/h1-4,11,14H,5-8H2,(H2,13,15). The largest absolute Gasteiger partial charge is 0.448 e. The normalized spacial score (nSPS) is 18.5. The van der Waals surface area contributed by atoms with Crippen LogP contribution >= 0.6 is 0 Å². The molecule has 1 aromatic rings. The van der Waals surface area contributed by atoms with Crippen LogP contribution in [0.2, 0.25) is 0 Å². The summed E-state index contributed by atoms with van der Waals surface area (Å²) >= 11 is 0. The van der Waals surface area contributed by atoms with Gasteiger partial charge in [-0.05, 0) is 11.1 Å². The second-order valence-corrected chi connectivity index (χ2v) is 3.89. The maximum atomic E-state index is 10.4. The van der Waals surface area contributed by atoms with Crippen molar-refractivity contribution >= 4 is 6.09 Å². The van der Waals surface area contributed by atoms with E-state index in [0.29, 0.717) is 19.8 Å². The van der Waals surface area contributed by atoms with Crippen molar-refractivity contribution in [3.8, 4) is 0 Å². The van der Waals surface area contributed by atoms with Crippen molar-refractivity contribution in [3.63, 3.8) is 0 Å². The molecule has 0 aromatic heterocycles. The van der Waals surface area contributed by atoms with E-state index in [1.165, 1.54) is 11.1 Å². The molecule has 3 N–H and O–H groups in total. The molecule has 0 saturated heterocycles. The van der Waals surface area contributed by atoms with Crippen LogP contribution in [0.5, 0.6) is 0 Å². The SMILES string of the molecule is NC(=O)OCCNC1COCc2ccccc21. The number of nitrogens with one attached hydrogen (secondary N) is 1. The third kappa shape index (κ3) is 3.18. The molecule has 0 bridgehead atoms. The van der Waals surface area contributed by atoms with Gasteiger partial charge in [0.25, 0.3) is 0 Å². The van der Waals surface area contributed by atoms with Crippen molar-refractivity contribution in [1.29, 1.82) is 0 Å². The molecular formula is C12H16N2O3. The quantitative estimate of drug-likeness (QED) is 0.763. The first kappa shape index (κ1) is 11.9. The molecule has 0 aliphatic carbocycles. The first-order valence-electron chi connectivity index (χ1n) is 5.58. The molecule has 0 fully saturated rings. The molecule has 1 unspecified atom stereocenters. The van der Waals surface area contributed by atoms with Gasteiger partial charge < -0.3 is 20.5 Å². The molecule has 1 atom stereocenters. The number of benzene rings is 1. The van der Waals surface area contributed by atoms with Crippen molar-refractivity contribution in [3.05, 3.63) is 35.4 Å². The fourth-order valence-electron chi connectivity index (χ4n) is 1.94. The van der Waals surface area contributed by atoms with Crippen molar-refractivity contribution in [1.82, 2.24) is 5.32 Å². The minimum Gasteiger partial charge on any atom is -0.448 e. The number of fused-ring (bicyclic) bond motifs is 1. The molecule has 0 spiro atoms. The van der Waals surface area contributed by atoms with Crippen LogP contribution in [-0.4, -0.2) is 25.9 Å². The number of hydrogen-bond donors (Lipinski definition) is 2. The number of carbonyl (C=O) groups excluding carboxylic acids is 1. The Labute approximate surface area is 99.9 Å². The van der Waals surface area contributed by atoms with Crippen molar-refractivity contribution < 1.29 is 14.3 Å². The molecule has 1 amide bonds. The first-order chi connectivity index (χ1) is 8.27. The van der Waals surface area contributed by atoms with Gasteiger partial charge in [-0.15, -0.1) is 0 Å². The lowest BCUT2D eigenvalue weighted by Gasteiger charge is -2.26. The van der Waals surface area contributed by atoms with Gasteiger partial charge in [0.05, 0.1) is 19.3 Å². The number of ether oxygens (including phenoxy) is 2. The lowest BCUT2D eigenvalue weighted by molar-refractivity contribution is 0.0796. The molecule has 1 aromatic carbocycles. The number of nitrogens with two attached hydrogens (primary N) is 1. The highest BCUT2D eigenvalue weighted by atomic mass is 16.5. The molecule has 5 heteroatoms. The van der Waals surface area contributed by atoms with E-state index >= 15 is 0 Å². The highest BCUT2D eigenvalue weighted by molar-refractivity contribution is 5.64. The van der Waals surface area contributed by atoms with E-state index in [9.17, 15) is 4.79 Å². The highest BCUT2D eigenvalue weighted by Gasteiger charge is 2.19. The van der Waals surface area contributed by atoms with E-state index in [-0.39, 0.29) is 12.6 Å². The van der Waals surface area contributed by atoms with E-state index < -0.39 is 6.09 Å². The molecule has 1 aliphatic rings. The van der Waals surface area contributed by atoms with Crippen LogP contribution in [0.15, 0.2) is 24.3 Å². The van der Waals surface area contributed by atoms with Crippen molar-refractivity contribution in [2.45, 2.75) is 12.6 Å². The van der Waals surface area contributed by atoms with Crippen LogP contribution in [0.4, 0.5) is 4.79 Å². The number of primary amides is 1. The molecule has 0 saturated carbocycles. The molecule has 92 valence electrons. The van der Waals surface area contributed by atoms with Gasteiger partial charge in [-0.3, -0.25) is 0 Å². The van der Waals surface area contributed by atoms with Gasteiger partial charge in [0.1, 0.15) is 6.61 Å². The van der Waals surface area contributed by atoms with Crippen LogP contribution in [-0.2, 0) is 16.1 Å². The fraction of sp³-hybridized carbons (Fsp3) is 0.417. The van der Waals surface area contributed by atoms with Crippen LogP contribution in [0.25, 0.3) is 0 Å². The molecule has 1 aliphatic heterocycles. The zero-order valence-electron chi connectivity index (χ0n) is 9.52.